The van der Waals surface area contributed by atoms with Crippen molar-refractivity contribution >= 4 is 21.8 Å². The maximum Gasteiger partial charge on any atom is 0.271 e. The molecule has 0 fully saturated rings. The number of aromatic nitrogens is 2. The van der Waals surface area contributed by atoms with Gasteiger partial charge in [0.25, 0.3) is 5.91 Å². The highest BCUT2D eigenvalue weighted by Gasteiger charge is 2.25. The number of hydrogen-bond acceptors (Lipinski definition) is 2. The zero-order valence-corrected chi connectivity index (χ0v) is 12.2. The SMILES string of the molecule is CCC(CC)(CBr)CNC(=O)c1cn(C)cn1. The molecule has 0 spiro atoms. The standard InChI is InChI=1S/C12H20BrN3O/c1-4-12(5-2,7-13)8-14-11(17)10-6-16(3)9-15-10/h6,9H,4-5,7-8H2,1-3H3,(H,14,17). The first kappa shape index (κ1) is 14.2. The van der Waals surface area contributed by atoms with Crippen molar-refractivity contribution in [3.63, 3.8) is 0 Å². The number of hydrogen-bond donors (Lipinski definition) is 1. The van der Waals surface area contributed by atoms with Crippen molar-refractivity contribution in [2.45, 2.75) is 26.7 Å². The van der Waals surface area contributed by atoms with E-state index in [2.05, 4.69) is 40.1 Å². The van der Waals surface area contributed by atoms with Gasteiger partial charge in [0.15, 0.2) is 0 Å². The van der Waals surface area contributed by atoms with E-state index in [1.807, 2.05) is 7.05 Å². The second-order valence-electron chi connectivity index (χ2n) is 4.45. The fourth-order valence-electron chi connectivity index (χ4n) is 1.62. The summed E-state index contributed by atoms with van der Waals surface area (Å²) in [4.78, 5) is 15.9. The molecule has 1 aromatic heterocycles. The summed E-state index contributed by atoms with van der Waals surface area (Å²) in [6, 6.07) is 0. The van der Waals surface area contributed by atoms with Crippen LogP contribution in [0.2, 0.25) is 0 Å². The molecule has 1 N–H and O–H groups in total. The Bertz CT molecular complexity index is 363. The smallest absolute Gasteiger partial charge is 0.271 e. The van der Waals surface area contributed by atoms with Crippen LogP contribution in [-0.2, 0) is 7.05 Å². The number of nitrogens with one attached hydrogen (secondary N) is 1. The van der Waals surface area contributed by atoms with Gasteiger partial charge in [0.1, 0.15) is 5.69 Å². The van der Waals surface area contributed by atoms with Crippen LogP contribution in [0.4, 0.5) is 0 Å². The van der Waals surface area contributed by atoms with E-state index in [-0.39, 0.29) is 11.3 Å². The number of rotatable bonds is 6. The molecule has 4 nitrogen and oxygen atoms in total. The van der Waals surface area contributed by atoms with Crippen molar-refractivity contribution in [3.05, 3.63) is 18.2 Å². The van der Waals surface area contributed by atoms with Crippen molar-refractivity contribution in [2.24, 2.45) is 12.5 Å². The highest BCUT2D eigenvalue weighted by atomic mass is 79.9. The molecule has 0 radical (unpaired) electrons. The third kappa shape index (κ3) is 3.56. The predicted octanol–water partition coefficient (Wildman–Crippen LogP) is 2.35. The minimum Gasteiger partial charge on any atom is -0.350 e. The fourth-order valence-corrected chi connectivity index (χ4v) is 2.62. The van der Waals surface area contributed by atoms with E-state index >= 15 is 0 Å². The lowest BCUT2D eigenvalue weighted by Crippen LogP contribution is -2.38. The lowest BCUT2D eigenvalue weighted by Gasteiger charge is -2.29. The molecular formula is C12H20BrN3O. The van der Waals surface area contributed by atoms with E-state index in [1.54, 1.807) is 17.1 Å². The third-order valence-corrected chi connectivity index (χ3v) is 4.53. The zero-order valence-electron chi connectivity index (χ0n) is 10.7. The lowest BCUT2D eigenvalue weighted by atomic mass is 9.84. The van der Waals surface area contributed by atoms with E-state index in [9.17, 15) is 4.79 Å². The summed E-state index contributed by atoms with van der Waals surface area (Å²) in [6.07, 6.45) is 5.43. The largest absolute Gasteiger partial charge is 0.350 e. The van der Waals surface area contributed by atoms with Gasteiger partial charge in [0.05, 0.1) is 6.33 Å². The van der Waals surface area contributed by atoms with Crippen LogP contribution in [-0.4, -0.2) is 27.3 Å². The maximum absolute atomic E-state index is 11.9. The molecule has 0 aliphatic heterocycles. The number of carbonyl (C=O) groups excluding carboxylic acids is 1. The van der Waals surface area contributed by atoms with E-state index < -0.39 is 0 Å². The molecule has 1 amide bonds. The van der Waals surface area contributed by atoms with Gasteiger partial charge in [-0.1, -0.05) is 29.8 Å². The number of imidazole rings is 1. The molecule has 0 unspecified atom stereocenters. The van der Waals surface area contributed by atoms with E-state index in [4.69, 9.17) is 0 Å². The summed E-state index contributed by atoms with van der Waals surface area (Å²) < 4.78 is 1.77. The summed E-state index contributed by atoms with van der Waals surface area (Å²) in [6.45, 7) is 4.98. The topological polar surface area (TPSA) is 46.9 Å². The minimum atomic E-state index is -0.0992. The summed E-state index contributed by atoms with van der Waals surface area (Å²) in [5.74, 6) is -0.0992. The van der Waals surface area contributed by atoms with Gasteiger partial charge in [-0.05, 0) is 18.3 Å². The second kappa shape index (κ2) is 6.19. The minimum absolute atomic E-state index is 0.0992. The van der Waals surface area contributed by atoms with Crippen LogP contribution in [0.15, 0.2) is 12.5 Å². The first-order valence-electron chi connectivity index (χ1n) is 5.89. The molecule has 0 aromatic carbocycles. The summed E-state index contributed by atoms with van der Waals surface area (Å²) >= 11 is 3.53. The highest BCUT2D eigenvalue weighted by molar-refractivity contribution is 9.09. The number of amides is 1. The molecule has 1 rings (SSSR count). The Balaban J connectivity index is 2.58. The monoisotopic (exact) mass is 301 g/mol. The lowest BCUT2D eigenvalue weighted by molar-refractivity contribution is 0.0928. The Kier molecular flexibility index (Phi) is 5.18. The molecule has 1 heterocycles. The molecule has 0 bridgehead atoms. The van der Waals surface area contributed by atoms with Crippen LogP contribution in [0.1, 0.15) is 37.2 Å². The summed E-state index contributed by atoms with van der Waals surface area (Å²) in [7, 11) is 1.85. The highest BCUT2D eigenvalue weighted by Crippen LogP contribution is 2.27. The van der Waals surface area contributed by atoms with E-state index in [0.29, 0.717) is 12.2 Å². The van der Waals surface area contributed by atoms with Crippen LogP contribution in [0.25, 0.3) is 0 Å². The Morgan fingerprint density at radius 2 is 2.18 bits per heavy atom. The van der Waals surface area contributed by atoms with Crippen LogP contribution in [0.5, 0.6) is 0 Å². The van der Waals surface area contributed by atoms with Gasteiger partial charge in [0, 0.05) is 25.1 Å². The number of alkyl halides is 1. The first-order chi connectivity index (χ1) is 8.06. The maximum atomic E-state index is 11.9. The average molecular weight is 302 g/mol. The van der Waals surface area contributed by atoms with Crippen LogP contribution in [0, 0.1) is 5.41 Å². The molecule has 0 saturated carbocycles. The molecular weight excluding hydrogens is 282 g/mol. The van der Waals surface area contributed by atoms with Crippen molar-refractivity contribution in [2.75, 3.05) is 11.9 Å². The van der Waals surface area contributed by atoms with Crippen molar-refractivity contribution in [3.8, 4) is 0 Å². The number of halogens is 1. The van der Waals surface area contributed by atoms with Gasteiger partial charge in [-0.3, -0.25) is 4.79 Å². The summed E-state index contributed by atoms with van der Waals surface area (Å²) in [5, 5.41) is 3.86. The van der Waals surface area contributed by atoms with Crippen LogP contribution >= 0.6 is 15.9 Å². The van der Waals surface area contributed by atoms with E-state index in [0.717, 1.165) is 18.2 Å². The van der Waals surface area contributed by atoms with Crippen molar-refractivity contribution < 1.29 is 4.79 Å². The fraction of sp³-hybridized carbons (Fsp3) is 0.667. The number of nitrogens with zero attached hydrogens (tertiary/aromatic N) is 2. The number of aryl methyl sites for hydroxylation is 1. The molecule has 5 heteroatoms. The molecule has 17 heavy (non-hydrogen) atoms. The summed E-state index contributed by atoms with van der Waals surface area (Å²) in [5.41, 5.74) is 0.618. The van der Waals surface area contributed by atoms with Gasteiger partial charge in [-0.15, -0.1) is 0 Å². The normalized spacial score (nSPS) is 11.5. The Hall–Kier alpha value is -0.840. The van der Waals surface area contributed by atoms with Crippen LogP contribution < -0.4 is 5.32 Å². The molecule has 0 atom stereocenters. The Labute approximate surface area is 111 Å². The molecule has 0 aliphatic rings. The molecule has 96 valence electrons. The van der Waals surface area contributed by atoms with Gasteiger partial charge in [0.2, 0.25) is 0 Å². The van der Waals surface area contributed by atoms with Gasteiger partial charge in [-0.25, -0.2) is 4.98 Å². The van der Waals surface area contributed by atoms with Crippen molar-refractivity contribution in [1.29, 1.82) is 0 Å². The van der Waals surface area contributed by atoms with Gasteiger partial charge < -0.3 is 9.88 Å². The van der Waals surface area contributed by atoms with E-state index in [1.165, 1.54) is 0 Å². The number of carbonyl (C=O) groups is 1. The van der Waals surface area contributed by atoms with Gasteiger partial charge >= 0.3 is 0 Å². The molecule has 0 aliphatic carbocycles. The Morgan fingerprint density at radius 1 is 1.53 bits per heavy atom. The predicted molar refractivity (Wildman–Crippen MR) is 72.4 cm³/mol. The quantitative estimate of drug-likeness (QED) is 0.820. The van der Waals surface area contributed by atoms with Crippen LogP contribution in [0.3, 0.4) is 0 Å². The Morgan fingerprint density at radius 3 is 2.59 bits per heavy atom. The average Bonchev–Trinajstić information content (AvgIpc) is 2.78. The molecule has 0 saturated heterocycles. The molecule has 1 aromatic rings. The second-order valence-corrected chi connectivity index (χ2v) is 5.01. The van der Waals surface area contributed by atoms with Crippen molar-refractivity contribution in [1.82, 2.24) is 14.9 Å². The third-order valence-electron chi connectivity index (χ3n) is 3.34. The van der Waals surface area contributed by atoms with Gasteiger partial charge in [-0.2, -0.15) is 0 Å². The zero-order chi connectivity index (χ0) is 12.9. The first-order valence-corrected chi connectivity index (χ1v) is 7.01.